The van der Waals surface area contributed by atoms with Crippen molar-refractivity contribution in [2.45, 2.75) is 50.6 Å². The molecule has 1 aliphatic heterocycles. The summed E-state index contributed by atoms with van der Waals surface area (Å²) in [6.07, 6.45) is -0.925. The van der Waals surface area contributed by atoms with E-state index < -0.39 is 18.3 Å². The summed E-state index contributed by atoms with van der Waals surface area (Å²) in [5, 5.41) is 11.6. The number of alkyl halides is 3. The number of pyridine rings is 1. The topological polar surface area (TPSA) is 86.0 Å². The molecule has 3 heterocycles. The minimum absolute atomic E-state index is 0.0824. The Morgan fingerprint density at radius 1 is 1.22 bits per heavy atom. The number of β-amino-alcohol motifs (C(OH)–C–C–N with tert-alkyl or cyclic N) is 1. The van der Waals surface area contributed by atoms with E-state index in [0.29, 0.717) is 67.8 Å². The number of ether oxygens (including phenoxy) is 3. The molecule has 2 atom stereocenters. The van der Waals surface area contributed by atoms with Crippen LogP contribution in [-0.2, 0) is 28.1 Å². The fourth-order valence-electron chi connectivity index (χ4n) is 5.17. The SMILES string of the molecule is CCOC(=O)Cc1ccc(OC2CCN(CC(O)(c3cn(CCP)c4c(Cl)nccc34)C(F)(F)F)CC2)c(OC)c1. The molecule has 41 heavy (non-hydrogen) atoms. The third-order valence-corrected chi connectivity index (χ3v) is 7.72. The molecule has 1 aliphatic rings. The second-order valence-electron chi connectivity index (χ2n) is 9.94. The smallest absolute Gasteiger partial charge is 0.422 e. The summed E-state index contributed by atoms with van der Waals surface area (Å²) in [7, 11) is 4.03. The number of fused-ring (bicyclic) bond motifs is 1. The molecular formula is C28H34ClF3N3O5P. The van der Waals surface area contributed by atoms with Crippen molar-refractivity contribution in [1.29, 1.82) is 0 Å². The average molecular weight is 616 g/mol. The van der Waals surface area contributed by atoms with Crippen LogP contribution in [-0.4, -0.2) is 77.3 Å². The van der Waals surface area contributed by atoms with Crippen molar-refractivity contribution in [2.75, 3.05) is 39.5 Å². The van der Waals surface area contributed by atoms with Crippen LogP contribution >= 0.6 is 20.8 Å². The van der Waals surface area contributed by atoms with E-state index in [0.717, 1.165) is 0 Å². The van der Waals surface area contributed by atoms with Gasteiger partial charge in [-0.1, -0.05) is 17.7 Å². The number of likely N-dealkylation sites (tertiary alicyclic amines) is 1. The van der Waals surface area contributed by atoms with Crippen molar-refractivity contribution < 1.29 is 37.3 Å². The highest BCUT2D eigenvalue weighted by atomic mass is 35.5. The molecule has 0 aliphatic carbocycles. The number of carbonyl (C=O) groups excluding carboxylic acids is 1. The van der Waals surface area contributed by atoms with E-state index in [4.69, 9.17) is 25.8 Å². The Labute approximate surface area is 243 Å². The Morgan fingerprint density at radius 2 is 1.95 bits per heavy atom. The lowest BCUT2D eigenvalue weighted by atomic mass is 9.91. The van der Waals surface area contributed by atoms with Gasteiger partial charge in [0, 0.05) is 49.5 Å². The van der Waals surface area contributed by atoms with Gasteiger partial charge in [-0.3, -0.25) is 9.69 Å². The lowest BCUT2D eigenvalue weighted by Gasteiger charge is -2.39. The number of nitrogens with zero attached hydrogens (tertiary/aromatic N) is 3. The van der Waals surface area contributed by atoms with Crippen molar-refractivity contribution >= 4 is 37.7 Å². The predicted molar refractivity (Wildman–Crippen MR) is 153 cm³/mol. The fraction of sp³-hybridized carbons (Fsp3) is 0.500. The number of hydrogen-bond acceptors (Lipinski definition) is 7. The number of halogens is 4. The molecule has 1 fully saturated rings. The molecular weight excluding hydrogens is 582 g/mol. The van der Waals surface area contributed by atoms with Crippen LogP contribution in [0.3, 0.4) is 0 Å². The third-order valence-electron chi connectivity index (χ3n) is 7.19. The third kappa shape index (κ3) is 6.91. The number of esters is 1. The lowest BCUT2D eigenvalue weighted by Crippen LogP contribution is -2.53. The van der Waals surface area contributed by atoms with Crippen molar-refractivity contribution in [3.63, 3.8) is 0 Å². The van der Waals surface area contributed by atoms with Gasteiger partial charge < -0.3 is 23.9 Å². The fourth-order valence-corrected chi connectivity index (χ4v) is 5.71. The monoisotopic (exact) mass is 615 g/mol. The molecule has 0 radical (unpaired) electrons. The molecule has 3 aromatic rings. The van der Waals surface area contributed by atoms with Crippen LogP contribution in [0.5, 0.6) is 11.5 Å². The summed E-state index contributed by atoms with van der Waals surface area (Å²) in [6.45, 7) is 2.39. The summed E-state index contributed by atoms with van der Waals surface area (Å²) < 4.78 is 61.9. The van der Waals surface area contributed by atoms with E-state index in [-0.39, 0.29) is 34.6 Å². The second-order valence-corrected chi connectivity index (χ2v) is 10.9. The van der Waals surface area contributed by atoms with Crippen LogP contribution in [0.15, 0.2) is 36.7 Å². The molecule has 1 N–H and O–H groups in total. The van der Waals surface area contributed by atoms with Crippen molar-refractivity contribution in [1.82, 2.24) is 14.5 Å². The molecule has 1 saturated heterocycles. The average Bonchev–Trinajstić information content (AvgIpc) is 3.30. The summed E-state index contributed by atoms with van der Waals surface area (Å²) >= 11 is 6.26. The molecule has 0 spiro atoms. The van der Waals surface area contributed by atoms with E-state index in [1.54, 1.807) is 34.6 Å². The minimum atomic E-state index is -4.94. The van der Waals surface area contributed by atoms with Gasteiger partial charge in [-0.2, -0.15) is 13.2 Å². The number of piperidine rings is 1. The normalized spacial score (nSPS) is 16.5. The van der Waals surface area contributed by atoms with Gasteiger partial charge in [0.1, 0.15) is 6.10 Å². The number of carbonyl (C=O) groups is 1. The Morgan fingerprint density at radius 3 is 2.59 bits per heavy atom. The second kappa shape index (κ2) is 13.2. The van der Waals surface area contributed by atoms with Crippen LogP contribution < -0.4 is 9.47 Å². The molecule has 1 aromatic carbocycles. The first kappa shape index (κ1) is 31.3. The largest absolute Gasteiger partial charge is 0.493 e. The van der Waals surface area contributed by atoms with Gasteiger partial charge in [-0.25, -0.2) is 4.98 Å². The predicted octanol–water partition coefficient (Wildman–Crippen LogP) is 4.97. The summed E-state index contributed by atoms with van der Waals surface area (Å²) in [5.41, 5.74) is -2.28. The highest BCUT2D eigenvalue weighted by Gasteiger charge is 2.57. The number of hydrogen-bond donors (Lipinski definition) is 1. The Hall–Kier alpha value is -2.59. The van der Waals surface area contributed by atoms with Gasteiger partial charge in [0.25, 0.3) is 0 Å². The van der Waals surface area contributed by atoms with E-state index in [9.17, 15) is 23.1 Å². The van der Waals surface area contributed by atoms with E-state index in [1.165, 1.54) is 25.6 Å². The van der Waals surface area contributed by atoms with Crippen LogP contribution in [0.25, 0.3) is 10.9 Å². The Kier molecular flexibility index (Phi) is 10.1. The van der Waals surface area contributed by atoms with Crippen LogP contribution in [0, 0.1) is 0 Å². The highest BCUT2D eigenvalue weighted by molar-refractivity contribution is 7.16. The van der Waals surface area contributed by atoms with E-state index in [2.05, 4.69) is 14.2 Å². The molecule has 0 bridgehead atoms. The summed E-state index contributed by atoms with van der Waals surface area (Å²) in [6, 6.07) is 6.63. The van der Waals surface area contributed by atoms with Gasteiger partial charge in [0.15, 0.2) is 16.7 Å². The molecule has 4 rings (SSSR count). The zero-order valence-electron chi connectivity index (χ0n) is 22.9. The number of aryl methyl sites for hydroxylation is 1. The Balaban J connectivity index is 1.48. The van der Waals surface area contributed by atoms with E-state index in [1.807, 2.05) is 0 Å². The number of aromatic nitrogens is 2. The highest BCUT2D eigenvalue weighted by Crippen LogP contribution is 2.44. The number of methoxy groups -OCH3 is 1. The first-order valence-corrected chi connectivity index (χ1v) is 14.5. The summed E-state index contributed by atoms with van der Waals surface area (Å²) in [5.74, 6) is 0.594. The van der Waals surface area contributed by atoms with Gasteiger partial charge in [-0.15, -0.1) is 9.24 Å². The van der Waals surface area contributed by atoms with Crippen LogP contribution in [0.2, 0.25) is 5.15 Å². The van der Waals surface area contributed by atoms with Crippen molar-refractivity contribution in [3.05, 3.63) is 52.9 Å². The van der Waals surface area contributed by atoms with Gasteiger partial charge in [0.2, 0.25) is 5.60 Å². The molecule has 224 valence electrons. The van der Waals surface area contributed by atoms with Crippen molar-refractivity contribution in [3.8, 4) is 11.5 Å². The van der Waals surface area contributed by atoms with E-state index >= 15 is 0 Å². The standard InChI is InChI=1S/C28H34ClF3N3O5P/c1-3-39-24(36)15-18-4-5-22(23(14-18)38-2)40-19-7-10-34(11-8-19)17-27(37,28(30,31)32)21-16-35(12-13-41)25-20(21)6-9-33-26(25)29/h4-6,9,14,16,19,37H,3,7-8,10-13,15,17,41H2,1-2H3. The quantitative estimate of drug-likeness (QED) is 0.185. The maximum absolute atomic E-state index is 14.6. The Bertz CT molecular complexity index is 1360. The maximum Gasteiger partial charge on any atom is 0.422 e. The number of aliphatic hydroxyl groups is 1. The molecule has 2 aromatic heterocycles. The molecule has 2 unspecified atom stereocenters. The number of benzene rings is 1. The van der Waals surface area contributed by atoms with Crippen molar-refractivity contribution in [2.24, 2.45) is 0 Å². The summed E-state index contributed by atoms with van der Waals surface area (Å²) in [4.78, 5) is 17.4. The first-order valence-electron chi connectivity index (χ1n) is 13.3. The maximum atomic E-state index is 14.6. The van der Waals surface area contributed by atoms with Crippen LogP contribution in [0.4, 0.5) is 13.2 Å². The van der Waals surface area contributed by atoms with Gasteiger partial charge >= 0.3 is 12.1 Å². The number of rotatable bonds is 11. The van der Waals surface area contributed by atoms with Crippen LogP contribution in [0.1, 0.15) is 30.9 Å². The van der Waals surface area contributed by atoms with Gasteiger partial charge in [0.05, 0.1) is 25.7 Å². The molecule has 8 nitrogen and oxygen atoms in total. The first-order chi connectivity index (χ1) is 19.5. The molecule has 0 amide bonds. The molecule has 13 heteroatoms. The lowest BCUT2D eigenvalue weighted by molar-refractivity contribution is -0.272. The zero-order valence-corrected chi connectivity index (χ0v) is 24.8. The zero-order chi connectivity index (χ0) is 29.8. The van der Waals surface area contributed by atoms with Gasteiger partial charge in [-0.05, 0) is 49.7 Å². The minimum Gasteiger partial charge on any atom is -0.493 e. The molecule has 0 saturated carbocycles.